The summed E-state index contributed by atoms with van der Waals surface area (Å²) in [5.74, 6) is -0.227. The first kappa shape index (κ1) is 20.2. The molecule has 1 fully saturated rings. The Morgan fingerprint density at radius 1 is 1.04 bits per heavy atom. The molecule has 1 saturated heterocycles. The molecule has 1 N–H and O–H groups in total. The fourth-order valence-electron chi connectivity index (χ4n) is 3.21. The highest BCUT2D eigenvalue weighted by atomic mass is 16.2. The monoisotopic (exact) mass is 360 g/mol. The quantitative estimate of drug-likeness (QED) is 0.774. The van der Waals surface area contributed by atoms with Crippen LogP contribution in [-0.2, 0) is 9.59 Å². The molecule has 0 spiro atoms. The molecule has 144 valence electrons. The lowest BCUT2D eigenvalue weighted by molar-refractivity contribution is -0.132. The van der Waals surface area contributed by atoms with Gasteiger partial charge in [-0.2, -0.15) is 0 Å². The van der Waals surface area contributed by atoms with Crippen molar-refractivity contribution in [2.24, 2.45) is 0 Å². The first-order valence-corrected chi connectivity index (χ1v) is 9.51. The van der Waals surface area contributed by atoms with Crippen molar-refractivity contribution in [3.63, 3.8) is 0 Å². The molecule has 2 rings (SSSR count). The third-order valence-corrected chi connectivity index (χ3v) is 4.69. The molecule has 0 atom stereocenters. The fourth-order valence-corrected chi connectivity index (χ4v) is 3.21. The number of carbonyl (C=O) groups is 2. The van der Waals surface area contributed by atoms with E-state index in [9.17, 15) is 9.59 Å². The number of piperidine rings is 1. The predicted octanol–water partition coefficient (Wildman–Crippen LogP) is 2.42. The van der Waals surface area contributed by atoms with Gasteiger partial charge in [0.05, 0.1) is 6.54 Å². The summed E-state index contributed by atoms with van der Waals surface area (Å²) < 4.78 is 0. The van der Waals surface area contributed by atoms with Gasteiger partial charge in [-0.3, -0.25) is 9.59 Å². The lowest BCUT2D eigenvalue weighted by Crippen LogP contribution is -2.38. The maximum atomic E-state index is 12.3. The van der Waals surface area contributed by atoms with Crippen molar-refractivity contribution in [2.75, 3.05) is 57.0 Å². The largest absolute Gasteiger partial charge is 0.372 e. The van der Waals surface area contributed by atoms with Crippen LogP contribution in [0, 0.1) is 0 Å². The smallest absolute Gasteiger partial charge is 0.243 e. The maximum absolute atomic E-state index is 12.3. The number of rotatable bonds is 8. The molecule has 0 radical (unpaired) electrons. The minimum Gasteiger partial charge on any atom is -0.372 e. The van der Waals surface area contributed by atoms with E-state index in [0.29, 0.717) is 6.54 Å². The summed E-state index contributed by atoms with van der Waals surface area (Å²) in [6, 6.07) is 7.99. The van der Waals surface area contributed by atoms with E-state index >= 15 is 0 Å². The summed E-state index contributed by atoms with van der Waals surface area (Å²) in [5.41, 5.74) is 1.98. The summed E-state index contributed by atoms with van der Waals surface area (Å²) in [5, 5.41) is 2.89. The van der Waals surface area contributed by atoms with E-state index in [0.717, 1.165) is 31.7 Å². The number of nitrogens with one attached hydrogen (secondary N) is 1. The van der Waals surface area contributed by atoms with E-state index in [1.807, 2.05) is 26.2 Å². The van der Waals surface area contributed by atoms with Gasteiger partial charge in [0.25, 0.3) is 0 Å². The molecule has 0 aromatic heterocycles. The second-order valence-corrected chi connectivity index (χ2v) is 7.24. The number of anilines is 2. The molecular weight excluding hydrogens is 328 g/mol. The van der Waals surface area contributed by atoms with E-state index in [1.165, 1.54) is 31.9 Å². The van der Waals surface area contributed by atoms with Crippen LogP contribution in [-0.4, -0.2) is 68.4 Å². The number of hydrogen-bond acceptors (Lipinski definition) is 4. The molecule has 1 aliphatic rings. The molecule has 1 heterocycles. The van der Waals surface area contributed by atoms with Crippen molar-refractivity contribution in [3.8, 4) is 0 Å². The zero-order valence-electron chi connectivity index (χ0n) is 16.3. The zero-order valence-corrected chi connectivity index (χ0v) is 16.3. The summed E-state index contributed by atoms with van der Waals surface area (Å²) in [4.78, 5) is 30.1. The first-order valence-electron chi connectivity index (χ1n) is 9.51. The molecule has 0 aliphatic carbocycles. The summed E-state index contributed by atoms with van der Waals surface area (Å²) >= 11 is 0. The highest BCUT2D eigenvalue weighted by Crippen LogP contribution is 2.21. The lowest BCUT2D eigenvalue weighted by atomic mass is 10.1. The first-order chi connectivity index (χ1) is 12.5. The summed E-state index contributed by atoms with van der Waals surface area (Å²) in [7, 11) is 4.00. The van der Waals surface area contributed by atoms with Crippen LogP contribution < -0.4 is 10.2 Å². The van der Waals surface area contributed by atoms with Crippen LogP contribution in [0.1, 0.15) is 32.6 Å². The Labute approximate surface area is 157 Å². The molecule has 6 nitrogen and oxygen atoms in total. The van der Waals surface area contributed by atoms with Crippen LogP contribution >= 0.6 is 0 Å². The van der Waals surface area contributed by atoms with Crippen molar-refractivity contribution >= 4 is 23.2 Å². The van der Waals surface area contributed by atoms with Gasteiger partial charge in [-0.05, 0) is 70.6 Å². The second-order valence-electron chi connectivity index (χ2n) is 7.24. The van der Waals surface area contributed by atoms with Crippen LogP contribution in [0.25, 0.3) is 0 Å². The number of carbonyl (C=O) groups excluding carboxylic acids is 2. The standard InChI is InChI=1S/C20H32N4O2/c1-17(25)24(15-7-12-22(2)3)16-20(26)21-18-8-10-19(11-9-18)23-13-5-4-6-14-23/h8-11H,4-7,12-16H2,1-3H3,(H,21,26). The Morgan fingerprint density at radius 3 is 2.27 bits per heavy atom. The lowest BCUT2D eigenvalue weighted by Gasteiger charge is -2.28. The second kappa shape index (κ2) is 10.2. The highest BCUT2D eigenvalue weighted by Gasteiger charge is 2.14. The Kier molecular flexibility index (Phi) is 7.91. The topological polar surface area (TPSA) is 55.9 Å². The molecule has 1 aromatic carbocycles. The molecule has 6 heteroatoms. The zero-order chi connectivity index (χ0) is 18.9. The predicted molar refractivity (Wildman–Crippen MR) is 107 cm³/mol. The van der Waals surface area contributed by atoms with E-state index in [2.05, 4.69) is 27.2 Å². The number of hydrogen-bond donors (Lipinski definition) is 1. The third-order valence-electron chi connectivity index (χ3n) is 4.69. The van der Waals surface area contributed by atoms with Crippen molar-refractivity contribution < 1.29 is 9.59 Å². The minimum atomic E-state index is -0.157. The average molecular weight is 361 g/mol. The molecule has 0 bridgehead atoms. The van der Waals surface area contributed by atoms with Gasteiger partial charge in [-0.1, -0.05) is 0 Å². The molecule has 26 heavy (non-hydrogen) atoms. The number of benzene rings is 1. The van der Waals surface area contributed by atoms with E-state index in [4.69, 9.17) is 0 Å². The molecular formula is C20H32N4O2. The van der Waals surface area contributed by atoms with Gasteiger partial charge in [0.1, 0.15) is 0 Å². The Balaban J connectivity index is 1.84. The van der Waals surface area contributed by atoms with Crippen LogP contribution in [0.15, 0.2) is 24.3 Å². The van der Waals surface area contributed by atoms with Gasteiger partial charge in [-0.15, -0.1) is 0 Å². The highest BCUT2D eigenvalue weighted by molar-refractivity contribution is 5.94. The van der Waals surface area contributed by atoms with Gasteiger partial charge in [0, 0.05) is 37.9 Å². The SMILES string of the molecule is CC(=O)N(CCCN(C)C)CC(=O)Nc1ccc(N2CCCCC2)cc1. The maximum Gasteiger partial charge on any atom is 0.243 e. The van der Waals surface area contributed by atoms with Crippen molar-refractivity contribution in [2.45, 2.75) is 32.6 Å². The van der Waals surface area contributed by atoms with Crippen molar-refractivity contribution in [1.29, 1.82) is 0 Å². The summed E-state index contributed by atoms with van der Waals surface area (Å²) in [6.07, 6.45) is 4.65. The van der Waals surface area contributed by atoms with Gasteiger partial charge in [0.2, 0.25) is 11.8 Å². The Morgan fingerprint density at radius 2 is 1.69 bits per heavy atom. The van der Waals surface area contributed by atoms with Gasteiger partial charge < -0.3 is 20.0 Å². The molecule has 0 saturated carbocycles. The van der Waals surface area contributed by atoms with Crippen molar-refractivity contribution in [3.05, 3.63) is 24.3 Å². The van der Waals surface area contributed by atoms with Gasteiger partial charge in [0.15, 0.2) is 0 Å². The molecule has 1 aliphatic heterocycles. The van der Waals surface area contributed by atoms with E-state index < -0.39 is 0 Å². The van der Waals surface area contributed by atoms with E-state index in [-0.39, 0.29) is 18.4 Å². The molecule has 2 amide bonds. The Bertz CT molecular complexity index is 580. The van der Waals surface area contributed by atoms with Gasteiger partial charge >= 0.3 is 0 Å². The van der Waals surface area contributed by atoms with Gasteiger partial charge in [-0.25, -0.2) is 0 Å². The van der Waals surface area contributed by atoms with Crippen LogP contribution in [0.4, 0.5) is 11.4 Å². The number of amides is 2. The van der Waals surface area contributed by atoms with Crippen LogP contribution in [0.2, 0.25) is 0 Å². The van der Waals surface area contributed by atoms with Crippen LogP contribution in [0.5, 0.6) is 0 Å². The van der Waals surface area contributed by atoms with Crippen LogP contribution in [0.3, 0.4) is 0 Å². The fraction of sp³-hybridized carbons (Fsp3) is 0.600. The summed E-state index contributed by atoms with van der Waals surface area (Å²) in [6.45, 7) is 5.30. The number of nitrogens with zero attached hydrogens (tertiary/aromatic N) is 3. The Hall–Kier alpha value is -2.08. The molecule has 1 aromatic rings. The third kappa shape index (κ3) is 6.67. The van der Waals surface area contributed by atoms with Crippen molar-refractivity contribution in [1.82, 2.24) is 9.80 Å². The normalized spacial score (nSPS) is 14.4. The van der Waals surface area contributed by atoms with E-state index in [1.54, 1.807) is 4.90 Å². The average Bonchev–Trinajstić information content (AvgIpc) is 2.62. The minimum absolute atomic E-state index is 0.0700. The molecule has 0 unspecified atom stereocenters.